The molecule has 0 radical (unpaired) electrons. The third-order valence-electron chi connectivity index (χ3n) is 6.94. The number of aryl methyl sites for hydroxylation is 1. The maximum absolute atomic E-state index is 13.9. The molecule has 0 spiro atoms. The lowest BCUT2D eigenvalue weighted by Gasteiger charge is -2.35. The number of carbonyl (C=O) groups excluding carboxylic acids is 4. The number of fused-ring (bicyclic) bond motifs is 1. The van der Waals surface area contributed by atoms with Gasteiger partial charge < -0.3 is 31.3 Å². The average Bonchev–Trinajstić information content (AvgIpc) is 2.89. The standard InChI is InChI=1S/C32H49N5O7/c1-18(2)15-24(37(30(41)27(34)19(3)4)31(42)44-32(6,7)8)29(40)36-23(11-9-10-14-33)28(39)35-21-12-13-22-20(5)16-26(38)43-25(22)17-21/h12-13,16-19,23-24,27H,9-11,14-15,33-34H2,1-8H3,(H,35,39)(H,36,40)/t23-,24-,27-/m0/s1. The molecule has 2 aromatic rings. The van der Waals surface area contributed by atoms with E-state index in [9.17, 15) is 24.0 Å². The average molecular weight is 616 g/mol. The maximum atomic E-state index is 13.9. The number of carbonyl (C=O) groups is 4. The van der Waals surface area contributed by atoms with Crippen molar-refractivity contribution in [1.82, 2.24) is 10.2 Å². The fourth-order valence-corrected chi connectivity index (χ4v) is 4.57. The van der Waals surface area contributed by atoms with Crippen molar-refractivity contribution in [2.24, 2.45) is 23.3 Å². The van der Waals surface area contributed by atoms with E-state index in [1.807, 2.05) is 13.8 Å². The van der Waals surface area contributed by atoms with E-state index >= 15 is 0 Å². The molecule has 0 fully saturated rings. The lowest BCUT2D eigenvalue weighted by atomic mass is 9.98. The summed E-state index contributed by atoms with van der Waals surface area (Å²) in [6.07, 6.45) is 0.513. The molecule has 244 valence electrons. The molecular formula is C32H49N5O7. The van der Waals surface area contributed by atoms with Gasteiger partial charge in [0.2, 0.25) is 17.7 Å². The Bertz CT molecular complexity index is 1380. The van der Waals surface area contributed by atoms with Crippen LogP contribution in [0, 0.1) is 18.8 Å². The predicted octanol–water partition coefficient (Wildman–Crippen LogP) is 3.82. The molecule has 0 bridgehead atoms. The topological polar surface area (TPSA) is 187 Å². The molecule has 0 aliphatic rings. The molecule has 6 N–H and O–H groups in total. The monoisotopic (exact) mass is 615 g/mol. The van der Waals surface area contributed by atoms with E-state index in [1.165, 1.54) is 12.1 Å². The van der Waals surface area contributed by atoms with Crippen LogP contribution >= 0.6 is 0 Å². The highest BCUT2D eigenvalue weighted by Gasteiger charge is 2.41. The summed E-state index contributed by atoms with van der Waals surface area (Å²) in [4.78, 5) is 67.1. The summed E-state index contributed by atoms with van der Waals surface area (Å²) in [5, 5.41) is 6.28. The van der Waals surface area contributed by atoms with E-state index < -0.39 is 53.2 Å². The van der Waals surface area contributed by atoms with Gasteiger partial charge in [0.25, 0.3) is 0 Å². The van der Waals surface area contributed by atoms with Gasteiger partial charge in [0.05, 0.1) is 6.04 Å². The molecule has 12 nitrogen and oxygen atoms in total. The highest BCUT2D eigenvalue weighted by atomic mass is 16.6. The Morgan fingerprint density at radius 2 is 1.68 bits per heavy atom. The van der Waals surface area contributed by atoms with Crippen molar-refractivity contribution in [2.75, 3.05) is 11.9 Å². The summed E-state index contributed by atoms with van der Waals surface area (Å²) in [5.74, 6) is -2.39. The number of nitrogens with zero attached hydrogens (tertiary/aromatic N) is 1. The van der Waals surface area contributed by atoms with Gasteiger partial charge in [0.1, 0.15) is 23.3 Å². The van der Waals surface area contributed by atoms with E-state index in [4.69, 9.17) is 20.6 Å². The van der Waals surface area contributed by atoms with Crippen LogP contribution in [-0.4, -0.2) is 59.0 Å². The summed E-state index contributed by atoms with van der Waals surface area (Å²) in [6, 6.07) is 2.94. The molecule has 0 saturated carbocycles. The second kappa shape index (κ2) is 15.8. The van der Waals surface area contributed by atoms with Crippen LogP contribution in [0.25, 0.3) is 11.0 Å². The van der Waals surface area contributed by atoms with Crippen LogP contribution in [0.2, 0.25) is 0 Å². The van der Waals surface area contributed by atoms with Crippen molar-refractivity contribution in [3.8, 4) is 0 Å². The van der Waals surface area contributed by atoms with Crippen molar-refractivity contribution in [1.29, 1.82) is 0 Å². The minimum absolute atomic E-state index is 0.112. The number of imide groups is 1. The van der Waals surface area contributed by atoms with E-state index in [2.05, 4.69) is 10.6 Å². The molecule has 0 aliphatic heterocycles. The first-order valence-electron chi connectivity index (χ1n) is 15.1. The third-order valence-corrected chi connectivity index (χ3v) is 6.94. The number of hydrogen-bond donors (Lipinski definition) is 4. The molecule has 12 heteroatoms. The van der Waals surface area contributed by atoms with E-state index in [-0.39, 0.29) is 24.7 Å². The predicted molar refractivity (Wildman–Crippen MR) is 170 cm³/mol. The van der Waals surface area contributed by atoms with Crippen LogP contribution in [0.15, 0.2) is 33.5 Å². The second-order valence-electron chi connectivity index (χ2n) is 12.9. The van der Waals surface area contributed by atoms with Gasteiger partial charge in [-0.15, -0.1) is 0 Å². The largest absolute Gasteiger partial charge is 0.443 e. The zero-order valence-electron chi connectivity index (χ0n) is 27.2. The summed E-state index contributed by atoms with van der Waals surface area (Å²) in [5.41, 5.74) is 11.8. The minimum atomic E-state index is -1.29. The molecule has 4 amide bonds. The number of nitrogens with one attached hydrogen (secondary N) is 2. The molecule has 2 rings (SSSR count). The molecule has 3 atom stereocenters. The Morgan fingerprint density at radius 3 is 2.25 bits per heavy atom. The zero-order chi connectivity index (χ0) is 33.4. The quantitative estimate of drug-likeness (QED) is 0.192. The number of rotatable bonds is 13. The fraction of sp³-hybridized carbons (Fsp3) is 0.594. The number of hydrogen-bond acceptors (Lipinski definition) is 9. The molecule has 0 unspecified atom stereocenters. The van der Waals surface area contributed by atoms with Crippen LogP contribution in [0.5, 0.6) is 0 Å². The zero-order valence-corrected chi connectivity index (χ0v) is 27.2. The van der Waals surface area contributed by atoms with Gasteiger partial charge in [-0.2, -0.15) is 0 Å². The van der Waals surface area contributed by atoms with Gasteiger partial charge in [-0.25, -0.2) is 14.5 Å². The normalized spacial score (nSPS) is 13.8. The Morgan fingerprint density at radius 1 is 1.02 bits per heavy atom. The number of benzene rings is 1. The molecule has 1 heterocycles. The van der Waals surface area contributed by atoms with Crippen molar-refractivity contribution >= 4 is 40.5 Å². The SMILES string of the molecule is Cc1cc(=O)oc2cc(NC(=O)[C@H](CCCCN)NC(=O)[C@H](CC(C)C)N(C(=O)OC(C)(C)C)C(=O)[C@@H](N)C(C)C)ccc12. The highest BCUT2D eigenvalue weighted by molar-refractivity contribution is 6.02. The summed E-state index contributed by atoms with van der Waals surface area (Å²) in [7, 11) is 0. The molecule has 1 aromatic carbocycles. The van der Waals surface area contributed by atoms with Gasteiger partial charge in [-0.3, -0.25) is 14.4 Å². The van der Waals surface area contributed by atoms with Gasteiger partial charge in [0.15, 0.2) is 0 Å². The van der Waals surface area contributed by atoms with Crippen molar-refractivity contribution in [2.45, 2.75) is 105 Å². The van der Waals surface area contributed by atoms with Gasteiger partial charge in [-0.1, -0.05) is 27.7 Å². The first-order chi connectivity index (χ1) is 20.4. The second-order valence-corrected chi connectivity index (χ2v) is 12.9. The Balaban J connectivity index is 2.45. The number of nitrogens with two attached hydrogens (primary N) is 2. The van der Waals surface area contributed by atoms with E-state index in [1.54, 1.807) is 53.7 Å². The van der Waals surface area contributed by atoms with Crippen LogP contribution < -0.4 is 27.7 Å². The van der Waals surface area contributed by atoms with E-state index in [0.717, 1.165) is 15.8 Å². The van der Waals surface area contributed by atoms with Crippen molar-refractivity contribution in [3.63, 3.8) is 0 Å². The molecule has 1 aromatic heterocycles. The first kappa shape index (κ1) is 36.4. The summed E-state index contributed by atoms with van der Waals surface area (Å²) < 4.78 is 10.8. The maximum Gasteiger partial charge on any atom is 0.417 e. The molecule has 0 aliphatic carbocycles. The molecule has 44 heavy (non-hydrogen) atoms. The van der Waals surface area contributed by atoms with Crippen LogP contribution in [0.1, 0.15) is 79.7 Å². The molecular weight excluding hydrogens is 566 g/mol. The van der Waals surface area contributed by atoms with Crippen LogP contribution in [0.4, 0.5) is 10.5 Å². The smallest absolute Gasteiger partial charge is 0.417 e. The van der Waals surface area contributed by atoms with Gasteiger partial charge in [-0.05, 0) is 89.5 Å². The Kier molecular flexibility index (Phi) is 13.1. The Hall–Kier alpha value is -3.77. The van der Waals surface area contributed by atoms with Crippen LogP contribution in [0.3, 0.4) is 0 Å². The fourth-order valence-electron chi connectivity index (χ4n) is 4.57. The van der Waals surface area contributed by atoms with Gasteiger partial charge >= 0.3 is 11.7 Å². The lowest BCUT2D eigenvalue weighted by molar-refractivity contribution is -0.142. The lowest BCUT2D eigenvalue weighted by Crippen LogP contribution is -2.60. The van der Waals surface area contributed by atoms with Gasteiger partial charge in [0, 0.05) is 23.2 Å². The summed E-state index contributed by atoms with van der Waals surface area (Å²) >= 11 is 0. The first-order valence-corrected chi connectivity index (χ1v) is 15.1. The molecule has 0 saturated heterocycles. The number of amides is 4. The third kappa shape index (κ3) is 10.4. The van der Waals surface area contributed by atoms with Crippen molar-refractivity contribution in [3.05, 3.63) is 40.2 Å². The Labute approximate surface area is 259 Å². The highest BCUT2D eigenvalue weighted by Crippen LogP contribution is 2.22. The number of ether oxygens (including phenoxy) is 1. The number of anilines is 1. The summed E-state index contributed by atoms with van der Waals surface area (Å²) in [6.45, 7) is 14.3. The minimum Gasteiger partial charge on any atom is -0.443 e. The number of unbranched alkanes of at least 4 members (excludes halogenated alkanes) is 1. The van der Waals surface area contributed by atoms with E-state index in [0.29, 0.717) is 30.7 Å². The van der Waals surface area contributed by atoms with Crippen molar-refractivity contribution < 1.29 is 28.3 Å². The van der Waals surface area contributed by atoms with Crippen LogP contribution in [-0.2, 0) is 19.1 Å².